The van der Waals surface area contributed by atoms with E-state index in [2.05, 4.69) is 0 Å². The Balaban J connectivity index is 2.73. The largest absolute Gasteiger partial charge is 0.369 e. The van der Waals surface area contributed by atoms with Gasteiger partial charge in [-0.15, -0.1) is 0 Å². The molecule has 0 N–H and O–H groups in total. The maximum absolute atomic E-state index is 12.1. The van der Waals surface area contributed by atoms with Gasteiger partial charge in [0, 0.05) is 27.2 Å². The first-order valence-electron chi connectivity index (χ1n) is 5.47. The van der Waals surface area contributed by atoms with Crippen LogP contribution in [0.25, 0.3) is 0 Å². The SMILES string of the molecule is COC(C)(C)C(=O)N1CCCN(C)C(=O)C1. The molecule has 0 spiro atoms. The highest BCUT2D eigenvalue weighted by Gasteiger charge is 2.34. The van der Waals surface area contributed by atoms with Crippen molar-refractivity contribution < 1.29 is 14.3 Å². The summed E-state index contributed by atoms with van der Waals surface area (Å²) in [7, 11) is 3.27. The number of hydrogen-bond acceptors (Lipinski definition) is 3. The molecule has 0 aromatic rings. The van der Waals surface area contributed by atoms with Crippen molar-refractivity contribution in [1.29, 1.82) is 0 Å². The van der Waals surface area contributed by atoms with Crippen molar-refractivity contribution in [3.8, 4) is 0 Å². The van der Waals surface area contributed by atoms with E-state index in [1.54, 1.807) is 30.7 Å². The van der Waals surface area contributed by atoms with Gasteiger partial charge in [0.1, 0.15) is 5.60 Å². The van der Waals surface area contributed by atoms with Gasteiger partial charge < -0.3 is 14.5 Å². The molecular weight excluding hydrogens is 208 g/mol. The number of rotatable bonds is 2. The van der Waals surface area contributed by atoms with E-state index in [-0.39, 0.29) is 18.4 Å². The third kappa shape index (κ3) is 2.72. The highest BCUT2D eigenvalue weighted by Crippen LogP contribution is 2.14. The summed E-state index contributed by atoms with van der Waals surface area (Å²) in [6.07, 6.45) is 0.813. The summed E-state index contributed by atoms with van der Waals surface area (Å²) in [4.78, 5) is 27.0. The van der Waals surface area contributed by atoms with Gasteiger partial charge in [0.25, 0.3) is 5.91 Å². The van der Waals surface area contributed by atoms with Crippen LogP contribution in [0.4, 0.5) is 0 Å². The molecule has 0 aromatic carbocycles. The first-order valence-corrected chi connectivity index (χ1v) is 5.47. The number of hydrogen-bond donors (Lipinski definition) is 0. The van der Waals surface area contributed by atoms with Crippen LogP contribution in [0, 0.1) is 0 Å². The molecule has 92 valence electrons. The monoisotopic (exact) mass is 228 g/mol. The van der Waals surface area contributed by atoms with Crippen LogP contribution >= 0.6 is 0 Å². The summed E-state index contributed by atoms with van der Waals surface area (Å²) >= 11 is 0. The van der Waals surface area contributed by atoms with Crippen molar-refractivity contribution >= 4 is 11.8 Å². The molecule has 1 saturated heterocycles. The van der Waals surface area contributed by atoms with Gasteiger partial charge in [-0.1, -0.05) is 0 Å². The van der Waals surface area contributed by atoms with Gasteiger partial charge >= 0.3 is 0 Å². The predicted octanol–water partition coefficient (Wildman–Crippen LogP) is 0.102. The Morgan fingerprint density at radius 3 is 2.56 bits per heavy atom. The fourth-order valence-electron chi connectivity index (χ4n) is 1.63. The lowest BCUT2D eigenvalue weighted by Crippen LogP contribution is -2.48. The first-order chi connectivity index (χ1) is 7.38. The van der Waals surface area contributed by atoms with Crippen LogP contribution in [0.5, 0.6) is 0 Å². The zero-order valence-corrected chi connectivity index (χ0v) is 10.4. The molecule has 5 heteroatoms. The van der Waals surface area contributed by atoms with Crippen LogP contribution in [0.3, 0.4) is 0 Å². The summed E-state index contributed by atoms with van der Waals surface area (Å²) < 4.78 is 5.14. The number of methoxy groups -OCH3 is 1. The molecule has 1 aliphatic rings. The minimum absolute atomic E-state index is 0.0160. The molecule has 0 unspecified atom stereocenters. The van der Waals surface area contributed by atoms with Crippen molar-refractivity contribution in [3.05, 3.63) is 0 Å². The fraction of sp³-hybridized carbons (Fsp3) is 0.818. The summed E-state index contributed by atoms with van der Waals surface area (Å²) in [6.45, 7) is 4.91. The van der Waals surface area contributed by atoms with Crippen LogP contribution in [0.15, 0.2) is 0 Å². The van der Waals surface area contributed by atoms with Gasteiger partial charge in [0.05, 0.1) is 6.54 Å². The fourth-order valence-corrected chi connectivity index (χ4v) is 1.63. The zero-order chi connectivity index (χ0) is 12.3. The smallest absolute Gasteiger partial charge is 0.254 e. The van der Waals surface area contributed by atoms with Crippen molar-refractivity contribution in [2.75, 3.05) is 33.8 Å². The van der Waals surface area contributed by atoms with E-state index in [1.165, 1.54) is 7.11 Å². The number of amides is 2. The third-order valence-corrected chi connectivity index (χ3v) is 2.99. The Morgan fingerprint density at radius 2 is 2.00 bits per heavy atom. The van der Waals surface area contributed by atoms with Crippen molar-refractivity contribution in [3.63, 3.8) is 0 Å². The van der Waals surface area contributed by atoms with E-state index in [1.807, 2.05) is 0 Å². The Morgan fingerprint density at radius 1 is 1.38 bits per heavy atom. The average Bonchev–Trinajstić information content (AvgIpc) is 2.41. The van der Waals surface area contributed by atoms with Crippen LogP contribution in [-0.4, -0.2) is 61.0 Å². The standard InChI is InChI=1S/C11H20N2O3/c1-11(2,16-4)10(15)13-7-5-6-12(3)9(14)8-13/h5-8H2,1-4H3. The molecule has 0 radical (unpaired) electrons. The number of nitrogens with zero attached hydrogens (tertiary/aromatic N) is 2. The van der Waals surface area contributed by atoms with Crippen LogP contribution < -0.4 is 0 Å². The Hall–Kier alpha value is -1.10. The van der Waals surface area contributed by atoms with E-state index in [0.29, 0.717) is 13.1 Å². The molecule has 0 saturated carbocycles. The Labute approximate surface area is 96.3 Å². The topological polar surface area (TPSA) is 49.9 Å². The number of carbonyl (C=O) groups is 2. The molecule has 0 aliphatic carbocycles. The van der Waals surface area contributed by atoms with Crippen molar-refractivity contribution in [1.82, 2.24) is 9.80 Å². The number of carbonyl (C=O) groups excluding carboxylic acids is 2. The second kappa shape index (κ2) is 4.82. The minimum atomic E-state index is -0.858. The molecule has 0 aromatic heterocycles. The highest BCUT2D eigenvalue weighted by atomic mass is 16.5. The summed E-state index contributed by atoms with van der Waals surface area (Å²) in [5, 5.41) is 0. The van der Waals surface area contributed by atoms with Crippen LogP contribution in [0.2, 0.25) is 0 Å². The lowest BCUT2D eigenvalue weighted by Gasteiger charge is -2.29. The maximum atomic E-state index is 12.1. The molecule has 5 nitrogen and oxygen atoms in total. The quantitative estimate of drug-likeness (QED) is 0.673. The maximum Gasteiger partial charge on any atom is 0.254 e. The van der Waals surface area contributed by atoms with E-state index in [4.69, 9.17) is 4.74 Å². The predicted molar refractivity (Wildman–Crippen MR) is 59.9 cm³/mol. The number of ether oxygens (including phenoxy) is 1. The normalized spacial score (nSPS) is 18.6. The molecule has 1 heterocycles. The van der Waals surface area contributed by atoms with E-state index >= 15 is 0 Å². The Bertz CT molecular complexity index is 289. The van der Waals surface area contributed by atoms with E-state index in [0.717, 1.165) is 6.42 Å². The second-order valence-corrected chi connectivity index (χ2v) is 4.61. The molecule has 1 fully saturated rings. The molecular formula is C11H20N2O3. The summed E-state index contributed by atoms with van der Waals surface area (Å²) in [5.41, 5.74) is -0.858. The van der Waals surface area contributed by atoms with Crippen molar-refractivity contribution in [2.45, 2.75) is 25.9 Å². The molecule has 2 amide bonds. The molecule has 1 aliphatic heterocycles. The summed E-state index contributed by atoms with van der Waals surface area (Å²) in [6, 6.07) is 0. The number of likely N-dealkylation sites (N-methyl/N-ethyl adjacent to an activating group) is 1. The van der Waals surface area contributed by atoms with Gasteiger partial charge in [0.15, 0.2) is 0 Å². The van der Waals surface area contributed by atoms with Gasteiger partial charge in [-0.2, -0.15) is 0 Å². The lowest BCUT2D eigenvalue weighted by molar-refractivity contribution is -0.153. The van der Waals surface area contributed by atoms with Crippen molar-refractivity contribution in [2.24, 2.45) is 0 Å². The highest BCUT2D eigenvalue weighted by molar-refractivity contribution is 5.89. The lowest BCUT2D eigenvalue weighted by atomic mass is 10.1. The average molecular weight is 228 g/mol. The van der Waals surface area contributed by atoms with E-state index < -0.39 is 5.60 Å². The zero-order valence-electron chi connectivity index (χ0n) is 10.4. The van der Waals surface area contributed by atoms with E-state index in [9.17, 15) is 9.59 Å². The molecule has 0 bridgehead atoms. The van der Waals surface area contributed by atoms with Gasteiger partial charge in [0.2, 0.25) is 5.91 Å². The molecule has 1 rings (SSSR count). The van der Waals surface area contributed by atoms with Crippen LogP contribution in [0.1, 0.15) is 20.3 Å². The summed E-state index contributed by atoms with van der Waals surface area (Å²) in [5.74, 6) is -0.142. The Kier molecular flexibility index (Phi) is 3.91. The van der Waals surface area contributed by atoms with Gasteiger partial charge in [-0.3, -0.25) is 9.59 Å². The minimum Gasteiger partial charge on any atom is -0.369 e. The third-order valence-electron chi connectivity index (χ3n) is 2.99. The molecule has 0 atom stereocenters. The van der Waals surface area contributed by atoms with Gasteiger partial charge in [-0.05, 0) is 20.3 Å². The van der Waals surface area contributed by atoms with Gasteiger partial charge in [-0.25, -0.2) is 0 Å². The van der Waals surface area contributed by atoms with Crippen LogP contribution in [-0.2, 0) is 14.3 Å². The molecule has 16 heavy (non-hydrogen) atoms. The first kappa shape index (κ1) is 13.0. The second-order valence-electron chi connectivity index (χ2n) is 4.61.